The fraction of sp³-hybridized carbons (Fsp3) is 0. The molecule has 0 N–H and O–H groups in total. The Bertz CT molecular complexity index is 468. The molecule has 1 aromatic heterocycles. The maximum absolute atomic E-state index is 4.09. The molecule has 2 aromatic rings. The first kappa shape index (κ1) is 9.98. The molecule has 0 aliphatic carbocycles. The first-order chi connectivity index (χ1) is 7.34. The van der Waals surface area contributed by atoms with E-state index in [0.29, 0.717) is 0 Å². The second kappa shape index (κ2) is 4.79. The topological polar surface area (TPSA) is 37.6 Å². The van der Waals surface area contributed by atoms with E-state index in [1.807, 2.05) is 36.4 Å². The van der Waals surface area contributed by atoms with E-state index in [2.05, 4.69) is 31.1 Å². The average molecular weight is 262 g/mol. The summed E-state index contributed by atoms with van der Waals surface area (Å²) >= 11 is 3.37. The standard InChI is InChI=1S/C11H8BrN3/c12-9-3-1-4-10(7-9)14-15-11-5-2-6-13-8-11/h1-8H/b15-14+. The Kier molecular flexibility index (Phi) is 3.19. The zero-order valence-electron chi connectivity index (χ0n) is 7.84. The molecule has 0 atom stereocenters. The maximum atomic E-state index is 4.09. The second-order valence-corrected chi connectivity index (χ2v) is 3.81. The Morgan fingerprint density at radius 2 is 1.80 bits per heavy atom. The molecular weight excluding hydrogens is 254 g/mol. The van der Waals surface area contributed by atoms with Gasteiger partial charge in [-0.05, 0) is 30.3 Å². The van der Waals surface area contributed by atoms with Crippen LogP contribution in [0.2, 0.25) is 0 Å². The van der Waals surface area contributed by atoms with Gasteiger partial charge >= 0.3 is 0 Å². The SMILES string of the molecule is Brc1cccc(/N=N/c2cccnc2)c1. The van der Waals surface area contributed by atoms with Crippen molar-refractivity contribution in [3.05, 3.63) is 53.3 Å². The Labute approximate surface area is 96.0 Å². The fourth-order valence-electron chi connectivity index (χ4n) is 1.07. The van der Waals surface area contributed by atoms with E-state index in [1.54, 1.807) is 12.4 Å². The number of rotatable bonds is 2. The fourth-order valence-corrected chi connectivity index (χ4v) is 1.45. The number of hydrogen-bond acceptors (Lipinski definition) is 3. The quantitative estimate of drug-likeness (QED) is 0.745. The van der Waals surface area contributed by atoms with Crippen molar-refractivity contribution < 1.29 is 0 Å². The number of nitrogens with zero attached hydrogens (tertiary/aromatic N) is 3. The molecule has 0 spiro atoms. The minimum Gasteiger partial charge on any atom is -0.262 e. The highest BCUT2D eigenvalue weighted by Gasteiger charge is 1.91. The molecule has 0 bridgehead atoms. The van der Waals surface area contributed by atoms with Gasteiger partial charge < -0.3 is 0 Å². The summed E-state index contributed by atoms with van der Waals surface area (Å²) in [6, 6.07) is 11.3. The minimum atomic E-state index is 0.748. The van der Waals surface area contributed by atoms with Crippen LogP contribution in [0.5, 0.6) is 0 Å². The van der Waals surface area contributed by atoms with Crippen LogP contribution in [0.1, 0.15) is 0 Å². The molecule has 0 saturated carbocycles. The van der Waals surface area contributed by atoms with Crippen LogP contribution in [0.4, 0.5) is 11.4 Å². The highest BCUT2D eigenvalue weighted by molar-refractivity contribution is 9.10. The molecular formula is C11H8BrN3. The van der Waals surface area contributed by atoms with Crippen LogP contribution in [-0.2, 0) is 0 Å². The van der Waals surface area contributed by atoms with Crippen LogP contribution in [-0.4, -0.2) is 4.98 Å². The summed E-state index contributed by atoms with van der Waals surface area (Å²) in [5.74, 6) is 0. The van der Waals surface area contributed by atoms with Crippen molar-refractivity contribution in [1.82, 2.24) is 4.98 Å². The van der Waals surface area contributed by atoms with Gasteiger partial charge in [-0.2, -0.15) is 5.11 Å². The van der Waals surface area contributed by atoms with Crippen LogP contribution < -0.4 is 0 Å². The Balaban J connectivity index is 2.19. The van der Waals surface area contributed by atoms with Gasteiger partial charge in [-0.1, -0.05) is 22.0 Å². The first-order valence-corrected chi connectivity index (χ1v) is 5.21. The largest absolute Gasteiger partial charge is 0.262 e. The van der Waals surface area contributed by atoms with E-state index in [0.717, 1.165) is 15.8 Å². The molecule has 0 radical (unpaired) electrons. The summed E-state index contributed by atoms with van der Waals surface area (Å²) in [5.41, 5.74) is 1.56. The monoisotopic (exact) mass is 261 g/mol. The summed E-state index contributed by atoms with van der Waals surface area (Å²) in [5, 5.41) is 8.15. The van der Waals surface area contributed by atoms with Crippen molar-refractivity contribution in [3.8, 4) is 0 Å². The summed E-state index contributed by atoms with van der Waals surface area (Å²) < 4.78 is 0.991. The summed E-state index contributed by atoms with van der Waals surface area (Å²) in [7, 11) is 0. The van der Waals surface area contributed by atoms with Crippen LogP contribution in [0.3, 0.4) is 0 Å². The van der Waals surface area contributed by atoms with E-state index in [9.17, 15) is 0 Å². The van der Waals surface area contributed by atoms with Crippen molar-refractivity contribution in [1.29, 1.82) is 0 Å². The smallest absolute Gasteiger partial charge is 0.104 e. The lowest BCUT2D eigenvalue weighted by Gasteiger charge is -1.93. The van der Waals surface area contributed by atoms with E-state index < -0.39 is 0 Å². The molecule has 0 fully saturated rings. The molecule has 2 rings (SSSR count). The van der Waals surface area contributed by atoms with E-state index in [-0.39, 0.29) is 0 Å². The van der Waals surface area contributed by atoms with Crippen molar-refractivity contribution >= 4 is 27.3 Å². The third-order valence-electron chi connectivity index (χ3n) is 1.74. The normalized spacial score (nSPS) is 10.7. The van der Waals surface area contributed by atoms with Crippen molar-refractivity contribution in [3.63, 3.8) is 0 Å². The van der Waals surface area contributed by atoms with E-state index >= 15 is 0 Å². The van der Waals surface area contributed by atoms with Crippen LogP contribution in [0, 0.1) is 0 Å². The number of azo groups is 1. The molecule has 0 unspecified atom stereocenters. The van der Waals surface area contributed by atoms with Gasteiger partial charge in [0.2, 0.25) is 0 Å². The van der Waals surface area contributed by atoms with E-state index in [4.69, 9.17) is 0 Å². The molecule has 0 saturated heterocycles. The lowest BCUT2D eigenvalue weighted by molar-refractivity contribution is 1.20. The number of benzene rings is 1. The zero-order chi connectivity index (χ0) is 10.5. The highest BCUT2D eigenvalue weighted by Crippen LogP contribution is 2.20. The molecule has 0 aliphatic rings. The van der Waals surface area contributed by atoms with Gasteiger partial charge in [-0.15, -0.1) is 5.11 Å². The summed E-state index contributed by atoms with van der Waals surface area (Å²) in [6.07, 6.45) is 3.37. The lowest BCUT2D eigenvalue weighted by atomic mass is 10.3. The van der Waals surface area contributed by atoms with Gasteiger partial charge in [0.15, 0.2) is 0 Å². The van der Waals surface area contributed by atoms with Crippen LogP contribution >= 0.6 is 15.9 Å². The Hall–Kier alpha value is -1.55. The zero-order valence-corrected chi connectivity index (χ0v) is 9.42. The average Bonchev–Trinajstić information content (AvgIpc) is 2.28. The van der Waals surface area contributed by atoms with Gasteiger partial charge in [0.25, 0.3) is 0 Å². The van der Waals surface area contributed by atoms with Gasteiger partial charge in [0.1, 0.15) is 5.69 Å². The molecule has 0 aliphatic heterocycles. The molecule has 1 aromatic carbocycles. The van der Waals surface area contributed by atoms with Crippen LogP contribution in [0.25, 0.3) is 0 Å². The predicted molar refractivity (Wildman–Crippen MR) is 62.6 cm³/mol. The third-order valence-corrected chi connectivity index (χ3v) is 2.23. The predicted octanol–water partition coefficient (Wildman–Crippen LogP) is 4.26. The van der Waals surface area contributed by atoms with Crippen molar-refractivity contribution in [2.24, 2.45) is 10.2 Å². The Morgan fingerprint density at radius 1 is 1.00 bits per heavy atom. The van der Waals surface area contributed by atoms with Crippen LogP contribution in [0.15, 0.2) is 63.5 Å². The molecule has 74 valence electrons. The number of halogens is 1. The van der Waals surface area contributed by atoms with Gasteiger partial charge in [0, 0.05) is 10.7 Å². The minimum absolute atomic E-state index is 0.748. The second-order valence-electron chi connectivity index (χ2n) is 2.89. The van der Waals surface area contributed by atoms with Crippen molar-refractivity contribution in [2.45, 2.75) is 0 Å². The maximum Gasteiger partial charge on any atom is 0.104 e. The molecule has 1 heterocycles. The molecule has 4 heteroatoms. The lowest BCUT2D eigenvalue weighted by Crippen LogP contribution is -1.67. The first-order valence-electron chi connectivity index (χ1n) is 4.42. The van der Waals surface area contributed by atoms with Gasteiger partial charge in [0.05, 0.1) is 11.9 Å². The summed E-state index contributed by atoms with van der Waals surface area (Å²) in [6.45, 7) is 0. The molecule has 0 amide bonds. The van der Waals surface area contributed by atoms with E-state index in [1.165, 1.54) is 0 Å². The molecule has 3 nitrogen and oxygen atoms in total. The summed E-state index contributed by atoms with van der Waals surface area (Å²) in [4.78, 5) is 3.95. The number of pyridine rings is 1. The number of hydrogen-bond donors (Lipinski definition) is 0. The van der Waals surface area contributed by atoms with Crippen molar-refractivity contribution in [2.75, 3.05) is 0 Å². The van der Waals surface area contributed by atoms with Gasteiger partial charge in [-0.25, -0.2) is 0 Å². The number of aromatic nitrogens is 1. The third kappa shape index (κ3) is 2.95. The van der Waals surface area contributed by atoms with Gasteiger partial charge in [-0.3, -0.25) is 4.98 Å². The molecule has 15 heavy (non-hydrogen) atoms. The Morgan fingerprint density at radius 3 is 2.53 bits per heavy atom. The highest BCUT2D eigenvalue weighted by atomic mass is 79.9.